The first-order valence-electron chi connectivity index (χ1n) is 12.5. The van der Waals surface area contributed by atoms with Crippen LogP contribution in [0.5, 0.6) is 5.75 Å². The molecule has 2 aromatic carbocycles. The molecule has 204 valence electrons. The number of likely N-dealkylation sites (tertiary alicyclic amines) is 1. The summed E-state index contributed by atoms with van der Waals surface area (Å²) < 4.78 is 7.92. The van der Waals surface area contributed by atoms with Crippen LogP contribution in [0.3, 0.4) is 0 Å². The Balaban J connectivity index is 1.26. The highest BCUT2D eigenvalue weighted by Crippen LogP contribution is 2.39. The van der Waals surface area contributed by atoms with Gasteiger partial charge < -0.3 is 15.4 Å². The molecule has 1 aliphatic rings. The molecule has 0 spiro atoms. The molecule has 4 aromatic rings. The lowest BCUT2D eigenvalue weighted by Crippen LogP contribution is -2.39. The lowest BCUT2D eigenvalue weighted by atomic mass is 10.0. The number of nitriles is 1. The van der Waals surface area contributed by atoms with Gasteiger partial charge in [-0.1, -0.05) is 40.0 Å². The highest BCUT2D eigenvalue weighted by atomic mass is 35.5. The van der Waals surface area contributed by atoms with Crippen molar-refractivity contribution < 1.29 is 9.53 Å². The summed E-state index contributed by atoms with van der Waals surface area (Å²) in [6.45, 7) is 2.98. The Morgan fingerprint density at radius 3 is 2.52 bits per heavy atom. The van der Waals surface area contributed by atoms with Crippen molar-refractivity contribution in [2.45, 2.75) is 31.9 Å². The number of ether oxygens (including phenoxy) is 1. The average Bonchev–Trinajstić information content (AvgIpc) is 3.47. The lowest BCUT2D eigenvalue weighted by molar-refractivity contribution is 0.0689. The summed E-state index contributed by atoms with van der Waals surface area (Å²) in [5, 5.41) is 18.8. The fourth-order valence-corrected chi connectivity index (χ4v) is 5.49. The monoisotopic (exact) mass is 595 g/mol. The molecule has 3 heterocycles. The van der Waals surface area contributed by atoms with E-state index < -0.39 is 6.10 Å². The first-order valence-corrected chi connectivity index (χ1v) is 13.7. The number of nitrogens with two attached hydrogens (primary N) is 1. The van der Waals surface area contributed by atoms with Gasteiger partial charge in [0.2, 0.25) is 0 Å². The third kappa shape index (κ3) is 5.70. The number of pyridine rings is 1. The van der Waals surface area contributed by atoms with Crippen molar-refractivity contribution in [1.82, 2.24) is 24.9 Å². The van der Waals surface area contributed by atoms with Crippen molar-refractivity contribution in [3.05, 3.63) is 86.6 Å². The summed E-state index contributed by atoms with van der Waals surface area (Å²) in [6, 6.07) is 13.9. The molecule has 1 saturated heterocycles. The molecule has 2 aromatic heterocycles. The summed E-state index contributed by atoms with van der Waals surface area (Å²) in [5.74, 6) is 0.509. The van der Waals surface area contributed by atoms with E-state index in [1.807, 2.05) is 15.8 Å². The number of anilines is 1. The number of carbonyl (C=O) groups is 1. The van der Waals surface area contributed by atoms with Crippen LogP contribution in [0.15, 0.2) is 54.9 Å². The summed E-state index contributed by atoms with van der Waals surface area (Å²) in [7, 11) is 0. The molecule has 0 bridgehead atoms. The highest BCUT2D eigenvalue weighted by molar-refractivity contribution is 6.44. The summed E-state index contributed by atoms with van der Waals surface area (Å²) >= 11 is 18.9. The number of hydrogen-bond acceptors (Lipinski definition) is 7. The van der Waals surface area contributed by atoms with Crippen molar-refractivity contribution in [3.8, 4) is 23.1 Å². The number of nitrogen functional groups attached to an aromatic ring is 1. The second kappa shape index (κ2) is 11.7. The molecule has 2 N–H and O–H groups in total. The van der Waals surface area contributed by atoms with Crippen molar-refractivity contribution in [2.24, 2.45) is 0 Å². The fraction of sp³-hybridized carbons (Fsp3) is 0.250. The molecule has 5 rings (SSSR count). The molecule has 0 aliphatic carbocycles. The topological polar surface area (TPSA) is 123 Å². The Kier molecular flexibility index (Phi) is 8.12. The normalized spacial score (nSPS) is 14.5. The summed E-state index contributed by atoms with van der Waals surface area (Å²) in [5.41, 5.74) is 9.04. The minimum Gasteiger partial charge on any atom is -0.482 e. The third-order valence-electron chi connectivity index (χ3n) is 6.86. The van der Waals surface area contributed by atoms with Crippen LogP contribution in [0.1, 0.15) is 53.4 Å². The van der Waals surface area contributed by atoms with E-state index in [4.69, 9.17) is 50.5 Å². The summed E-state index contributed by atoms with van der Waals surface area (Å²) in [4.78, 5) is 19.0. The van der Waals surface area contributed by atoms with Crippen molar-refractivity contribution >= 4 is 46.5 Å². The molecule has 9 nitrogen and oxygen atoms in total. The maximum absolute atomic E-state index is 12.9. The Labute approximate surface area is 246 Å². The Bertz CT molecular complexity index is 1590. The standard InChI is InChI=1S/C28H24Cl3N7O2/c1-16(25-21(29)6-7-22(30)26(25)31)40-24-12-19(14-34-27(24)33)23-15-38(36-35-23)20-8-10-37(11-9-20)28(39)18-4-2-17(13-32)3-5-18/h2-7,12,14-16,20H,8-11H2,1H3,(H2,33,34). The van der Waals surface area contributed by atoms with Crippen LogP contribution in [0.2, 0.25) is 15.1 Å². The first kappa shape index (κ1) is 27.7. The smallest absolute Gasteiger partial charge is 0.253 e. The number of amides is 1. The van der Waals surface area contributed by atoms with Gasteiger partial charge in [0.25, 0.3) is 5.91 Å². The summed E-state index contributed by atoms with van der Waals surface area (Å²) in [6.07, 6.45) is 4.38. The zero-order chi connectivity index (χ0) is 28.4. The molecule has 1 aliphatic heterocycles. The van der Waals surface area contributed by atoms with E-state index in [0.717, 1.165) is 12.8 Å². The number of rotatable bonds is 6. The highest BCUT2D eigenvalue weighted by Gasteiger charge is 2.26. The Morgan fingerprint density at radius 1 is 1.12 bits per heavy atom. The number of piperidine rings is 1. The van der Waals surface area contributed by atoms with Crippen LogP contribution in [-0.2, 0) is 0 Å². The van der Waals surface area contributed by atoms with Crippen LogP contribution in [-0.4, -0.2) is 43.9 Å². The third-order valence-corrected chi connectivity index (χ3v) is 8.01. The van der Waals surface area contributed by atoms with E-state index in [9.17, 15) is 4.79 Å². The predicted molar refractivity (Wildman–Crippen MR) is 154 cm³/mol. The first-order chi connectivity index (χ1) is 19.2. The maximum atomic E-state index is 12.9. The van der Waals surface area contributed by atoms with E-state index in [-0.39, 0.29) is 17.8 Å². The molecule has 1 fully saturated rings. The van der Waals surface area contributed by atoms with E-state index in [2.05, 4.69) is 21.4 Å². The number of hydrogen-bond donors (Lipinski definition) is 1. The zero-order valence-electron chi connectivity index (χ0n) is 21.4. The molecule has 0 saturated carbocycles. The van der Waals surface area contributed by atoms with E-state index >= 15 is 0 Å². The molecule has 1 unspecified atom stereocenters. The molecule has 1 atom stereocenters. The van der Waals surface area contributed by atoms with E-state index in [1.165, 1.54) is 0 Å². The Morgan fingerprint density at radius 2 is 1.82 bits per heavy atom. The van der Waals surface area contributed by atoms with Gasteiger partial charge in [-0.25, -0.2) is 9.67 Å². The van der Waals surface area contributed by atoms with Crippen molar-refractivity contribution in [3.63, 3.8) is 0 Å². The van der Waals surface area contributed by atoms with Gasteiger partial charge >= 0.3 is 0 Å². The average molecular weight is 597 g/mol. The van der Waals surface area contributed by atoms with Crippen molar-refractivity contribution in [1.29, 1.82) is 5.26 Å². The van der Waals surface area contributed by atoms with Crippen LogP contribution < -0.4 is 10.5 Å². The van der Waals surface area contributed by atoms with Gasteiger partial charge in [-0.3, -0.25) is 4.79 Å². The second-order valence-corrected chi connectivity index (χ2v) is 10.6. The van der Waals surface area contributed by atoms with Gasteiger partial charge in [0.15, 0.2) is 11.6 Å². The molecular formula is C28H24Cl3N7O2. The minimum absolute atomic E-state index is 0.0442. The van der Waals surface area contributed by atoms with Gasteiger partial charge in [0, 0.05) is 41.0 Å². The molecule has 0 radical (unpaired) electrons. The molecule has 40 heavy (non-hydrogen) atoms. The quantitative estimate of drug-likeness (QED) is 0.257. The van der Waals surface area contributed by atoms with Gasteiger partial charge in [0.1, 0.15) is 11.8 Å². The van der Waals surface area contributed by atoms with E-state index in [1.54, 1.807) is 55.6 Å². The van der Waals surface area contributed by atoms with Crippen LogP contribution in [0, 0.1) is 11.3 Å². The van der Waals surface area contributed by atoms with Crippen molar-refractivity contribution in [2.75, 3.05) is 18.8 Å². The number of benzene rings is 2. The maximum Gasteiger partial charge on any atom is 0.253 e. The van der Waals surface area contributed by atoms with Crippen LogP contribution in [0.4, 0.5) is 5.82 Å². The number of carbonyl (C=O) groups excluding carboxylic acids is 1. The molecule has 1 amide bonds. The lowest BCUT2D eigenvalue weighted by Gasteiger charge is -2.31. The SMILES string of the molecule is CC(Oc1cc(-c2cn(C3CCN(C(=O)c4ccc(C#N)cc4)CC3)nn2)cnc1N)c1c(Cl)ccc(Cl)c1Cl. The van der Waals surface area contributed by atoms with Crippen LogP contribution >= 0.6 is 34.8 Å². The zero-order valence-corrected chi connectivity index (χ0v) is 23.7. The Hall–Kier alpha value is -3.84. The minimum atomic E-state index is -0.550. The predicted octanol–water partition coefficient (Wildman–Crippen LogP) is 6.37. The van der Waals surface area contributed by atoms with Crippen LogP contribution in [0.25, 0.3) is 11.3 Å². The van der Waals surface area contributed by atoms with E-state index in [0.29, 0.717) is 61.9 Å². The number of aromatic nitrogens is 4. The number of nitrogens with zero attached hydrogens (tertiary/aromatic N) is 6. The van der Waals surface area contributed by atoms with Gasteiger partial charge in [-0.05, 0) is 62.2 Å². The van der Waals surface area contributed by atoms with Gasteiger partial charge in [-0.2, -0.15) is 5.26 Å². The number of halogens is 3. The largest absolute Gasteiger partial charge is 0.482 e. The molecule has 12 heteroatoms. The molecular weight excluding hydrogens is 573 g/mol. The van der Waals surface area contributed by atoms with Gasteiger partial charge in [-0.15, -0.1) is 5.10 Å². The second-order valence-electron chi connectivity index (χ2n) is 9.42. The fourth-order valence-electron chi connectivity index (χ4n) is 4.65. The van der Waals surface area contributed by atoms with Gasteiger partial charge in [0.05, 0.1) is 33.9 Å².